The van der Waals surface area contributed by atoms with Gasteiger partial charge in [0, 0.05) is 23.6 Å². The summed E-state index contributed by atoms with van der Waals surface area (Å²) in [6.45, 7) is 5.31. The van der Waals surface area contributed by atoms with Crippen molar-refractivity contribution >= 4 is 28.9 Å². The molecule has 0 aliphatic heterocycles. The quantitative estimate of drug-likeness (QED) is 0.604. The SMILES string of the molecule is COC(=O)[C@H](Cc1cn(C(=O)OC(C)(C)C)c2ccccc12)NC(=O)c1cccc(F)c1. The summed E-state index contributed by atoms with van der Waals surface area (Å²) in [6, 6.07) is 11.3. The standard InChI is InChI=1S/C24H25FN2O5/c1-24(2,3)32-23(30)27-14-16(18-10-5-6-11-20(18)27)13-19(22(29)31-4)26-21(28)15-8-7-9-17(25)12-15/h5-12,14,19H,13H2,1-4H3,(H,26,28)/t19-/m0/s1. The summed E-state index contributed by atoms with van der Waals surface area (Å²) in [5.41, 5.74) is 0.643. The Hall–Kier alpha value is -3.68. The second kappa shape index (κ2) is 9.21. The number of nitrogens with one attached hydrogen (secondary N) is 1. The number of para-hydroxylation sites is 1. The van der Waals surface area contributed by atoms with E-state index >= 15 is 0 Å². The van der Waals surface area contributed by atoms with E-state index in [1.165, 1.54) is 29.9 Å². The molecule has 7 nitrogen and oxygen atoms in total. The van der Waals surface area contributed by atoms with Gasteiger partial charge in [-0.3, -0.25) is 9.36 Å². The number of methoxy groups -OCH3 is 1. The number of carbonyl (C=O) groups is 3. The average Bonchev–Trinajstić information content (AvgIpc) is 3.10. The van der Waals surface area contributed by atoms with Gasteiger partial charge in [0.15, 0.2) is 0 Å². The van der Waals surface area contributed by atoms with Crippen molar-refractivity contribution in [3.63, 3.8) is 0 Å². The largest absolute Gasteiger partial charge is 0.467 e. The predicted octanol–water partition coefficient (Wildman–Crippen LogP) is 4.08. The van der Waals surface area contributed by atoms with Gasteiger partial charge in [0.25, 0.3) is 5.91 Å². The fourth-order valence-electron chi connectivity index (χ4n) is 3.30. The van der Waals surface area contributed by atoms with Gasteiger partial charge in [0.2, 0.25) is 0 Å². The summed E-state index contributed by atoms with van der Waals surface area (Å²) in [5.74, 6) is -1.84. The minimum atomic E-state index is -1.05. The van der Waals surface area contributed by atoms with Crippen LogP contribution in [0.5, 0.6) is 0 Å². The van der Waals surface area contributed by atoms with Crippen LogP contribution in [0.3, 0.4) is 0 Å². The Kier molecular flexibility index (Phi) is 6.62. The zero-order valence-electron chi connectivity index (χ0n) is 18.3. The molecule has 0 aliphatic rings. The second-order valence-corrected chi connectivity index (χ2v) is 8.29. The number of nitrogens with zero attached hydrogens (tertiary/aromatic N) is 1. The number of hydrogen-bond donors (Lipinski definition) is 1. The van der Waals surface area contributed by atoms with Crippen LogP contribution in [0.2, 0.25) is 0 Å². The number of halogens is 1. The van der Waals surface area contributed by atoms with E-state index < -0.39 is 35.4 Å². The minimum absolute atomic E-state index is 0.0596. The highest BCUT2D eigenvalue weighted by Crippen LogP contribution is 2.24. The molecule has 0 saturated carbocycles. The van der Waals surface area contributed by atoms with E-state index in [2.05, 4.69) is 5.32 Å². The molecule has 1 aromatic heterocycles. The molecule has 3 aromatic rings. The fraction of sp³-hybridized carbons (Fsp3) is 0.292. The first kappa shape index (κ1) is 23.0. The van der Waals surface area contributed by atoms with E-state index in [1.807, 2.05) is 12.1 Å². The first-order chi connectivity index (χ1) is 15.1. The van der Waals surface area contributed by atoms with Crippen molar-refractivity contribution in [3.8, 4) is 0 Å². The summed E-state index contributed by atoms with van der Waals surface area (Å²) >= 11 is 0. The molecule has 0 saturated heterocycles. The third kappa shape index (κ3) is 5.32. The van der Waals surface area contributed by atoms with E-state index in [0.717, 1.165) is 11.5 Å². The molecule has 32 heavy (non-hydrogen) atoms. The van der Waals surface area contributed by atoms with E-state index in [0.29, 0.717) is 11.1 Å². The molecular formula is C24H25FN2O5. The zero-order valence-corrected chi connectivity index (χ0v) is 18.3. The smallest absolute Gasteiger partial charge is 0.419 e. The van der Waals surface area contributed by atoms with Crippen LogP contribution in [0, 0.1) is 5.82 Å². The Morgan fingerprint density at radius 3 is 2.47 bits per heavy atom. The minimum Gasteiger partial charge on any atom is -0.467 e. The van der Waals surface area contributed by atoms with Gasteiger partial charge in [0.05, 0.1) is 12.6 Å². The van der Waals surface area contributed by atoms with Crippen LogP contribution in [-0.4, -0.2) is 41.3 Å². The third-order valence-corrected chi connectivity index (χ3v) is 4.69. The van der Waals surface area contributed by atoms with E-state index in [4.69, 9.17) is 9.47 Å². The maximum absolute atomic E-state index is 13.5. The monoisotopic (exact) mass is 440 g/mol. The number of amides is 1. The molecule has 0 radical (unpaired) electrons. The second-order valence-electron chi connectivity index (χ2n) is 8.29. The molecule has 0 fully saturated rings. The highest BCUT2D eigenvalue weighted by molar-refractivity contribution is 5.97. The molecule has 8 heteroatoms. The van der Waals surface area contributed by atoms with Gasteiger partial charge >= 0.3 is 12.1 Å². The van der Waals surface area contributed by atoms with E-state index in [-0.39, 0.29) is 12.0 Å². The maximum atomic E-state index is 13.5. The molecule has 0 spiro atoms. The molecule has 0 aliphatic carbocycles. The van der Waals surface area contributed by atoms with Crippen LogP contribution in [0.15, 0.2) is 54.7 Å². The van der Waals surface area contributed by atoms with Crippen LogP contribution in [0.4, 0.5) is 9.18 Å². The molecule has 168 valence electrons. The van der Waals surface area contributed by atoms with Gasteiger partial charge in [-0.1, -0.05) is 24.3 Å². The lowest BCUT2D eigenvalue weighted by atomic mass is 10.0. The van der Waals surface area contributed by atoms with E-state index in [1.54, 1.807) is 39.1 Å². The lowest BCUT2D eigenvalue weighted by Gasteiger charge is -2.19. The fourth-order valence-corrected chi connectivity index (χ4v) is 3.30. The molecule has 0 bridgehead atoms. The number of esters is 1. The maximum Gasteiger partial charge on any atom is 0.419 e. The van der Waals surface area contributed by atoms with Crippen molar-refractivity contribution in [3.05, 3.63) is 71.7 Å². The third-order valence-electron chi connectivity index (χ3n) is 4.69. The van der Waals surface area contributed by atoms with Crippen molar-refractivity contribution in [1.29, 1.82) is 0 Å². The van der Waals surface area contributed by atoms with Crippen LogP contribution in [0.25, 0.3) is 10.9 Å². The molecule has 0 unspecified atom stereocenters. The molecule has 1 N–H and O–H groups in total. The predicted molar refractivity (Wildman–Crippen MR) is 117 cm³/mol. The molecule has 3 rings (SSSR count). The van der Waals surface area contributed by atoms with Gasteiger partial charge in [-0.05, 0) is 50.6 Å². The number of aromatic nitrogens is 1. The molecule has 2 aromatic carbocycles. The Bertz CT molecular complexity index is 1160. The van der Waals surface area contributed by atoms with Crippen LogP contribution >= 0.6 is 0 Å². The lowest BCUT2D eigenvalue weighted by molar-refractivity contribution is -0.142. The topological polar surface area (TPSA) is 86.6 Å². The number of hydrogen-bond acceptors (Lipinski definition) is 5. The van der Waals surface area contributed by atoms with Gasteiger partial charge in [0.1, 0.15) is 17.5 Å². The zero-order chi connectivity index (χ0) is 23.5. The van der Waals surface area contributed by atoms with Crippen molar-refractivity contribution in [1.82, 2.24) is 9.88 Å². The lowest BCUT2D eigenvalue weighted by Crippen LogP contribution is -2.43. The summed E-state index contributed by atoms with van der Waals surface area (Å²) in [7, 11) is 1.22. The Morgan fingerprint density at radius 1 is 1.09 bits per heavy atom. The number of carbonyl (C=O) groups excluding carboxylic acids is 3. The Labute approximate surface area is 185 Å². The normalized spacial score (nSPS) is 12.3. The van der Waals surface area contributed by atoms with E-state index in [9.17, 15) is 18.8 Å². The molecular weight excluding hydrogens is 415 g/mol. The molecule has 1 atom stereocenters. The molecule has 1 amide bonds. The van der Waals surface area contributed by atoms with Crippen molar-refractivity contribution in [2.45, 2.75) is 38.8 Å². The first-order valence-electron chi connectivity index (χ1n) is 10.1. The van der Waals surface area contributed by atoms with Gasteiger partial charge in [-0.2, -0.15) is 0 Å². The highest BCUT2D eigenvalue weighted by Gasteiger charge is 2.26. The summed E-state index contributed by atoms with van der Waals surface area (Å²) in [5, 5.41) is 3.32. The van der Waals surface area contributed by atoms with Gasteiger partial charge in [-0.25, -0.2) is 14.0 Å². The first-order valence-corrected chi connectivity index (χ1v) is 10.1. The van der Waals surface area contributed by atoms with Crippen LogP contribution in [-0.2, 0) is 20.7 Å². The van der Waals surface area contributed by atoms with Gasteiger partial charge < -0.3 is 14.8 Å². The average molecular weight is 440 g/mol. The molecule has 1 heterocycles. The summed E-state index contributed by atoms with van der Waals surface area (Å²) in [4.78, 5) is 37.7. The Morgan fingerprint density at radius 2 is 1.81 bits per heavy atom. The van der Waals surface area contributed by atoms with Crippen molar-refractivity contribution in [2.75, 3.05) is 7.11 Å². The van der Waals surface area contributed by atoms with Gasteiger partial charge in [-0.15, -0.1) is 0 Å². The Balaban J connectivity index is 1.93. The number of ether oxygens (including phenoxy) is 2. The van der Waals surface area contributed by atoms with Crippen molar-refractivity contribution < 1.29 is 28.2 Å². The van der Waals surface area contributed by atoms with Crippen LogP contribution < -0.4 is 5.32 Å². The number of benzene rings is 2. The summed E-state index contributed by atoms with van der Waals surface area (Å²) < 4.78 is 25.2. The number of fused-ring (bicyclic) bond motifs is 1. The number of rotatable bonds is 5. The highest BCUT2D eigenvalue weighted by atomic mass is 19.1. The summed E-state index contributed by atoms with van der Waals surface area (Å²) in [6.07, 6.45) is 1.09. The van der Waals surface area contributed by atoms with Crippen molar-refractivity contribution in [2.24, 2.45) is 0 Å². The van der Waals surface area contributed by atoms with Crippen LogP contribution in [0.1, 0.15) is 36.7 Å².